The summed E-state index contributed by atoms with van der Waals surface area (Å²) in [6.07, 6.45) is 6.42. The molecule has 1 N–H and O–H groups in total. The van der Waals surface area contributed by atoms with E-state index in [0.717, 1.165) is 67.7 Å². The van der Waals surface area contributed by atoms with Gasteiger partial charge in [0.1, 0.15) is 10.8 Å². The first kappa shape index (κ1) is 22.2. The van der Waals surface area contributed by atoms with Crippen LogP contribution in [0.2, 0.25) is 0 Å². The number of amides is 1. The Balaban J connectivity index is 1.34. The first-order chi connectivity index (χ1) is 15.2. The Morgan fingerprint density at radius 2 is 1.94 bits per heavy atom. The van der Waals surface area contributed by atoms with E-state index >= 15 is 0 Å². The van der Waals surface area contributed by atoms with Gasteiger partial charge in [0.25, 0.3) is 0 Å². The molecule has 0 radical (unpaired) electrons. The van der Waals surface area contributed by atoms with Crippen LogP contribution in [0.3, 0.4) is 0 Å². The van der Waals surface area contributed by atoms with Crippen molar-refractivity contribution in [3.8, 4) is 16.3 Å². The molecule has 1 aromatic heterocycles. The SMILES string of the molecule is CCOc1ccc(-c2nc(CC(=O)NCC3(N4CCOCC4)CCCCC3)cs2)cc1. The van der Waals surface area contributed by atoms with Gasteiger partial charge in [0.05, 0.1) is 31.9 Å². The van der Waals surface area contributed by atoms with E-state index < -0.39 is 0 Å². The van der Waals surface area contributed by atoms with Crippen molar-refractivity contribution in [2.75, 3.05) is 39.5 Å². The molecule has 4 rings (SSSR count). The average Bonchev–Trinajstić information content (AvgIpc) is 3.28. The molecule has 2 heterocycles. The molecule has 1 saturated heterocycles. The Hall–Kier alpha value is -1.96. The fraction of sp³-hybridized carbons (Fsp3) is 0.583. The van der Waals surface area contributed by atoms with Gasteiger partial charge in [-0.1, -0.05) is 19.3 Å². The number of hydrogen-bond donors (Lipinski definition) is 1. The summed E-state index contributed by atoms with van der Waals surface area (Å²) in [5.74, 6) is 0.918. The highest BCUT2D eigenvalue weighted by Crippen LogP contribution is 2.34. The van der Waals surface area contributed by atoms with Gasteiger partial charge in [0.15, 0.2) is 0 Å². The molecule has 2 aromatic rings. The van der Waals surface area contributed by atoms with E-state index in [4.69, 9.17) is 9.47 Å². The standard InChI is InChI=1S/C24H33N3O3S/c1-2-30-21-8-6-19(7-9-21)23-26-20(17-31-23)16-22(28)25-18-24(10-4-3-5-11-24)27-12-14-29-15-13-27/h6-9,17H,2-5,10-16,18H2,1H3,(H,25,28). The summed E-state index contributed by atoms with van der Waals surface area (Å²) in [6, 6.07) is 7.95. The number of benzene rings is 1. The summed E-state index contributed by atoms with van der Waals surface area (Å²) in [4.78, 5) is 20.0. The molecule has 2 aliphatic rings. The van der Waals surface area contributed by atoms with E-state index in [1.165, 1.54) is 19.3 Å². The lowest BCUT2D eigenvalue weighted by molar-refractivity contribution is -0.121. The largest absolute Gasteiger partial charge is 0.494 e. The summed E-state index contributed by atoms with van der Waals surface area (Å²) in [7, 11) is 0. The van der Waals surface area contributed by atoms with Gasteiger partial charge in [-0.05, 0) is 44.0 Å². The summed E-state index contributed by atoms with van der Waals surface area (Å²) in [5.41, 5.74) is 1.97. The highest BCUT2D eigenvalue weighted by Gasteiger charge is 2.38. The molecule has 2 fully saturated rings. The smallest absolute Gasteiger partial charge is 0.226 e. The lowest BCUT2D eigenvalue weighted by atomic mass is 9.79. The second-order valence-electron chi connectivity index (χ2n) is 8.44. The van der Waals surface area contributed by atoms with Crippen molar-refractivity contribution in [2.45, 2.75) is 51.0 Å². The molecule has 31 heavy (non-hydrogen) atoms. The second kappa shape index (κ2) is 10.6. The normalized spacial score (nSPS) is 19.1. The molecule has 1 aliphatic carbocycles. The van der Waals surface area contributed by atoms with Gasteiger partial charge in [-0.2, -0.15) is 0 Å². The van der Waals surface area contributed by atoms with E-state index in [-0.39, 0.29) is 11.4 Å². The van der Waals surface area contributed by atoms with E-state index in [0.29, 0.717) is 13.0 Å². The number of rotatable bonds is 8. The van der Waals surface area contributed by atoms with Crippen LogP contribution >= 0.6 is 11.3 Å². The average molecular weight is 444 g/mol. The van der Waals surface area contributed by atoms with E-state index in [1.807, 2.05) is 36.6 Å². The lowest BCUT2D eigenvalue weighted by Crippen LogP contribution is -2.59. The van der Waals surface area contributed by atoms with Gasteiger partial charge in [-0.15, -0.1) is 11.3 Å². The zero-order valence-corrected chi connectivity index (χ0v) is 19.2. The maximum atomic E-state index is 12.7. The molecule has 1 saturated carbocycles. The van der Waals surface area contributed by atoms with Crippen LogP contribution in [-0.2, 0) is 16.0 Å². The zero-order chi connectivity index (χ0) is 21.5. The van der Waals surface area contributed by atoms with Crippen molar-refractivity contribution in [1.29, 1.82) is 0 Å². The highest BCUT2D eigenvalue weighted by molar-refractivity contribution is 7.13. The van der Waals surface area contributed by atoms with Crippen molar-refractivity contribution in [2.24, 2.45) is 0 Å². The molecule has 168 valence electrons. The van der Waals surface area contributed by atoms with Crippen molar-refractivity contribution in [1.82, 2.24) is 15.2 Å². The quantitative estimate of drug-likeness (QED) is 0.670. The fourth-order valence-electron chi connectivity index (χ4n) is 4.72. The van der Waals surface area contributed by atoms with Crippen LogP contribution in [0.25, 0.3) is 10.6 Å². The van der Waals surface area contributed by atoms with Crippen molar-refractivity contribution in [3.63, 3.8) is 0 Å². The molecule has 0 bridgehead atoms. The van der Waals surface area contributed by atoms with Crippen LogP contribution in [0.1, 0.15) is 44.7 Å². The Bertz CT molecular complexity index is 840. The number of ether oxygens (including phenoxy) is 2. The number of aromatic nitrogens is 1. The molecule has 7 heteroatoms. The van der Waals surface area contributed by atoms with Crippen LogP contribution in [0.5, 0.6) is 5.75 Å². The van der Waals surface area contributed by atoms with Gasteiger partial charge < -0.3 is 14.8 Å². The first-order valence-electron chi connectivity index (χ1n) is 11.5. The van der Waals surface area contributed by atoms with Crippen LogP contribution in [-0.4, -0.2) is 60.8 Å². The topological polar surface area (TPSA) is 63.7 Å². The molecule has 0 unspecified atom stereocenters. The van der Waals surface area contributed by atoms with Crippen LogP contribution in [0, 0.1) is 0 Å². The highest BCUT2D eigenvalue weighted by atomic mass is 32.1. The van der Waals surface area contributed by atoms with Crippen molar-refractivity contribution < 1.29 is 14.3 Å². The lowest BCUT2D eigenvalue weighted by Gasteiger charge is -2.48. The minimum absolute atomic E-state index is 0.0572. The minimum Gasteiger partial charge on any atom is -0.494 e. The number of carbonyl (C=O) groups is 1. The number of nitrogens with zero attached hydrogens (tertiary/aromatic N) is 2. The summed E-state index contributed by atoms with van der Waals surface area (Å²) >= 11 is 1.58. The molecule has 6 nitrogen and oxygen atoms in total. The maximum Gasteiger partial charge on any atom is 0.226 e. The first-order valence-corrected chi connectivity index (χ1v) is 12.3. The van der Waals surface area contributed by atoms with Crippen molar-refractivity contribution in [3.05, 3.63) is 35.3 Å². The molecule has 1 aliphatic heterocycles. The third-order valence-corrected chi connectivity index (χ3v) is 7.33. The Kier molecular flexibility index (Phi) is 7.58. The van der Waals surface area contributed by atoms with Crippen molar-refractivity contribution >= 4 is 17.2 Å². The van der Waals surface area contributed by atoms with Crippen LogP contribution in [0.15, 0.2) is 29.6 Å². The van der Waals surface area contributed by atoms with Gasteiger partial charge in [0, 0.05) is 36.1 Å². The minimum atomic E-state index is 0.0572. The zero-order valence-electron chi connectivity index (χ0n) is 18.4. The molecule has 1 aromatic carbocycles. The fourth-order valence-corrected chi connectivity index (χ4v) is 5.55. The molecular formula is C24H33N3O3S. The van der Waals surface area contributed by atoms with E-state index in [2.05, 4.69) is 15.2 Å². The van der Waals surface area contributed by atoms with Gasteiger partial charge in [-0.3, -0.25) is 9.69 Å². The van der Waals surface area contributed by atoms with Crippen LogP contribution in [0.4, 0.5) is 0 Å². The van der Waals surface area contributed by atoms with Gasteiger partial charge in [-0.25, -0.2) is 4.98 Å². The predicted octanol–water partition coefficient (Wildman–Crippen LogP) is 3.90. The maximum absolute atomic E-state index is 12.7. The Labute approximate surface area is 189 Å². The van der Waals surface area contributed by atoms with E-state index in [9.17, 15) is 4.79 Å². The van der Waals surface area contributed by atoms with E-state index in [1.54, 1.807) is 11.3 Å². The third kappa shape index (κ3) is 5.64. The van der Waals surface area contributed by atoms with Gasteiger partial charge in [0.2, 0.25) is 5.91 Å². The summed E-state index contributed by atoms with van der Waals surface area (Å²) in [6.45, 7) is 6.88. The van der Waals surface area contributed by atoms with Crippen LogP contribution < -0.4 is 10.1 Å². The monoisotopic (exact) mass is 443 g/mol. The molecular weight excluding hydrogens is 410 g/mol. The Morgan fingerprint density at radius 3 is 2.65 bits per heavy atom. The molecule has 0 atom stereocenters. The summed E-state index contributed by atoms with van der Waals surface area (Å²) in [5, 5.41) is 6.16. The third-order valence-electron chi connectivity index (χ3n) is 6.39. The number of hydrogen-bond acceptors (Lipinski definition) is 6. The molecule has 0 spiro atoms. The summed E-state index contributed by atoms with van der Waals surface area (Å²) < 4.78 is 11.1. The molecule has 1 amide bonds. The number of morpholine rings is 1. The Morgan fingerprint density at radius 1 is 1.19 bits per heavy atom. The number of thiazole rings is 1. The second-order valence-corrected chi connectivity index (χ2v) is 9.30. The van der Waals surface area contributed by atoms with Gasteiger partial charge >= 0.3 is 0 Å². The number of carbonyl (C=O) groups excluding carboxylic acids is 1. The predicted molar refractivity (Wildman–Crippen MR) is 124 cm³/mol. The number of nitrogens with one attached hydrogen (secondary N) is 1.